The predicted molar refractivity (Wildman–Crippen MR) is 77.3 cm³/mol. The molecule has 0 aliphatic heterocycles. The second-order valence-electron chi connectivity index (χ2n) is 5.88. The summed E-state index contributed by atoms with van der Waals surface area (Å²) in [5.74, 6) is 0.941. The number of aryl methyl sites for hydroxylation is 2. The Morgan fingerprint density at radius 2 is 1.95 bits per heavy atom. The molecule has 3 nitrogen and oxygen atoms in total. The molecule has 0 radical (unpaired) electrons. The van der Waals surface area contributed by atoms with E-state index in [1.165, 1.54) is 12.0 Å². The molecule has 0 aromatic heterocycles. The maximum Gasteiger partial charge on any atom is 0.120 e. The van der Waals surface area contributed by atoms with Crippen molar-refractivity contribution in [3.05, 3.63) is 28.8 Å². The van der Waals surface area contributed by atoms with Gasteiger partial charge in [0, 0.05) is 12.1 Å². The maximum absolute atomic E-state index is 9.91. The third-order valence-corrected chi connectivity index (χ3v) is 4.20. The summed E-state index contributed by atoms with van der Waals surface area (Å²) in [6.45, 7) is 5.69. The van der Waals surface area contributed by atoms with Gasteiger partial charge < -0.3 is 15.5 Å². The van der Waals surface area contributed by atoms with Crippen LogP contribution in [0.2, 0.25) is 0 Å². The number of hydrogen-bond acceptors (Lipinski definition) is 3. The molecule has 0 spiro atoms. The molecule has 1 aliphatic carbocycles. The van der Waals surface area contributed by atoms with Crippen LogP contribution < -0.4 is 5.32 Å². The van der Waals surface area contributed by atoms with Crippen molar-refractivity contribution in [2.75, 3.05) is 6.54 Å². The minimum Gasteiger partial charge on any atom is -0.508 e. The number of aliphatic hydroxyl groups is 1. The van der Waals surface area contributed by atoms with Crippen LogP contribution in [0.3, 0.4) is 0 Å². The first-order valence-corrected chi connectivity index (χ1v) is 7.24. The molecule has 0 saturated heterocycles. The van der Waals surface area contributed by atoms with Crippen LogP contribution in [0, 0.1) is 19.8 Å². The van der Waals surface area contributed by atoms with Crippen LogP contribution in [0.4, 0.5) is 0 Å². The zero-order chi connectivity index (χ0) is 13.8. The quantitative estimate of drug-likeness (QED) is 0.783. The highest BCUT2D eigenvalue weighted by molar-refractivity contribution is 5.40. The number of phenolic OH excluding ortho intramolecular Hbond substituents is 1. The first-order valence-electron chi connectivity index (χ1n) is 7.24. The van der Waals surface area contributed by atoms with Gasteiger partial charge in [-0.2, -0.15) is 0 Å². The molecular weight excluding hydrogens is 238 g/mol. The minimum atomic E-state index is -0.115. The van der Waals surface area contributed by atoms with E-state index in [1.807, 2.05) is 19.1 Å². The topological polar surface area (TPSA) is 52.5 Å². The van der Waals surface area contributed by atoms with E-state index in [9.17, 15) is 10.2 Å². The molecule has 1 aromatic rings. The van der Waals surface area contributed by atoms with E-state index in [1.54, 1.807) is 0 Å². The summed E-state index contributed by atoms with van der Waals surface area (Å²) >= 11 is 0. The number of rotatable bonds is 4. The first-order chi connectivity index (χ1) is 9.06. The molecule has 3 N–H and O–H groups in total. The van der Waals surface area contributed by atoms with E-state index >= 15 is 0 Å². The van der Waals surface area contributed by atoms with Crippen molar-refractivity contribution >= 4 is 0 Å². The van der Waals surface area contributed by atoms with Gasteiger partial charge in [0.1, 0.15) is 5.75 Å². The Labute approximate surface area is 115 Å². The highest BCUT2D eigenvalue weighted by Gasteiger charge is 2.19. The molecule has 0 heterocycles. The number of benzene rings is 1. The molecule has 106 valence electrons. The normalized spacial score (nSPS) is 23.5. The van der Waals surface area contributed by atoms with Crippen LogP contribution in [0.15, 0.2) is 12.1 Å². The van der Waals surface area contributed by atoms with Crippen molar-refractivity contribution in [3.63, 3.8) is 0 Å². The number of phenols is 1. The second-order valence-corrected chi connectivity index (χ2v) is 5.88. The molecule has 1 aromatic carbocycles. The van der Waals surface area contributed by atoms with Crippen LogP contribution in [0.25, 0.3) is 0 Å². The van der Waals surface area contributed by atoms with Crippen molar-refractivity contribution in [1.29, 1.82) is 0 Å². The van der Waals surface area contributed by atoms with Gasteiger partial charge in [0.05, 0.1) is 6.10 Å². The molecular formula is C16H25NO2. The van der Waals surface area contributed by atoms with Gasteiger partial charge in [-0.3, -0.25) is 0 Å². The largest absolute Gasteiger partial charge is 0.508 e. The van der Waals surface area contributed by atoms with Crippen LogP contribution in [0.1, 0.15) is 42.4 Å². The van der Waals surface area contributed by atoms with E-state index in [0.717, 1.165) is 36.9 Å². The third-order valence-electron chi connectivity index (χ3n) is 4.20. The summed E-state index contributed by atoms with van der Waals surface area (Å²) in [5.41, 5.74) is 3.29. The van der Waals surface area contributed by atoms with Crippen molar-refractivity contribution < 1.29 is 10.2 Å². The Bertz CT molecular complexity index is 431. The maximum atomic E-state index is 9.91. The van der Waals surface area contributed by atoms with Gasteiger partial charge in [0.15, 0.2) is 0 Å². The van der Waals surface area contributed by atoms with Gasteiger partial charge in [-0.15, -0.1) is 0 Å². The van der Waals surface area contributed by atoms with E-state index < -0.39 is 0 Å². The smallest absolute Gasteiger partial charge is 0.120 e. The van der Waals surface area contributed by atoms with E-state index in [4.69, 9.17) is 0 Å². The predicted octanol–water partition coefficient (Wildman–Crippen LogP) is 2.65. The van der Waals surface area contributed by atoms with Gasteiger partial charge >= 0.3 is 0 Å². The lowest BCUT2D eigenvalue weighted by molar-refractivity contribution is 0.101. The number of aromatic hydroxyl groups is 1. The third kappa shape index (κ3) is 3.95. The van der Waals surface area contributed by atoms with Crippen LogP contribution in [-0.4, -0.2) is 22.9 Å². The van der Waals surface area contributed by atoms with Crippen LogP contribution in [0.5, 0.6) is 5.75 Å². The SMILES string of the molecule is Cc1cc(O)c(CNCC2CCCC(O)C2)cc1C. The van der Waals surface area contributed by atoms with Crippen molar-refractivity contribution in [2.45, 2.75) is 52.2 Å². The fourth-order valence-electron chi connectivity index (χ4n) is 2.86. The number of hydrogen-bond donors (Lipinski definition) is 3. The molecule has 0 bridgehead atoms. The van der Waals surface area contributed by atoms with Gasteiger partial charge in [0.2, 0.25) is 0 Å². The fraction of sp³-hybridized carbons (Fsp3) is 0.625. The zero-order valence-corrected chi connectivity index (χ0v) is 11.9. The Balaban J connectivity index is 1.84. The fourth-order valence-corrected chi connectivity index (χ4v) is 2.86. The Morgan fingerprint density at radius 1 is 1.21 bits per heavy atom. The summed E-state index contributed by atoms with van der Waals surface area (Å²) < 4.78 is 0. The standard InChI is InChI=1S/C16H25NO2/c1-11-6-14(16(19)7-12(11)2)10-17-9-13-4-3-5-15(18)8-13/h6-7,13,15,17-19H,3-5,8-10H2,1-2H3. The number of aliphatic hydroxyl groups excluding tert-OH is 1. The lowest BCUT2D eigenvalue weighted by Crippen LogP contribution is -2.28. The van der Waals surface area contributed by atoms with Crippen molar-refractivity contribution in [2.24, 2.45) is 5.92 Å². The lowest BCUT2D eigenvalue weighted by atomic mass is 9.87. The van der Waals surface area contributed by atoms with Gasteiger partial charge in [-0.1, -0.05) is 12.5 Å². The molecule has 1 saturated carbocycles. The molecule has 2 unspecified atom stereocenters. The van der Waals surface area contributed by atoms with E-state index in [0.29, 0.717) is 18.2 Å². The summed E-state index contributed by atoms with van der Waals surface area (Å²) in [7, 11) is 0. The zero-order valence-electron chi connectivity index (χ0n) is 11.9. The Kier molecular flexibility index (Phi) is 4.83. The monoisotopic (exact) mass is 263 g/mol. The van der Waals surface area contributed by atoms with Gasteiger partial charge in [-0.25, -0.2) is 0 Å². The Hall–Kier alpha value is -1.06. The minimum absolute atomic E-state index is 0.115. The molecule has 1 aliphatic rings. The molecule has 2 atom stereocenters. The molecule has 0 amide bonds. The summed E-state index contributed by atoms with van der Waals surface area (Å²) in [6, 6.07) is 3.88. The number of nitrogens with one attached hydrogen (secondary N) is 1. The summed E-state index contributed by atoms with van der Waals surface area (Å²) in [4.78, 5) is 0. The molecule has 3 heteroatoms. The first kappa shape index (κ1) is 14.4. The lowest BCUT2D eigenvalue weighted by Gasteiger charge is -2.26. The average Bonchev–Trinajstić information content (AvgIpc) is 2.35. The van der Waals surface area contributed by atoms with E-state index in [-0.39, 0.29) is 6.10 Å². The van der Waals surface area contributed by atoms with Gasteiger partial charge in [0.25, 0.3) is 0 Å². The second kappa shape index (κ2) is 6.40. The Morgan fingerprint density at radius 3 is 2.68 bits per heavy atom. The van der Waals surface area contributed by atoms with E-state index in [2.05, 4.69) is 12.2 Å². The summed E-state index contributed by atoms with van der Waals surface area (Å²) in [6.07, 6.45) is 4.07. The molecule has 2 rings (SSSR count). The van der Waals surface area contributed by atoms with Crippen LogP contribution >= 0.6 is 0 Å². The summed E-state index contributed by atoms with van der Waals surface area (Å²) in [5, 5.41) is 23.0. The molecule has 1 fully saturated rings. The van der Waals surface area contributed by atoms with Gasteiger partial charge in [-0.05, 0) is 62.8 Å². The average molecular weight is 263 g/mol. The van der Waals surface area contributed by atoms with Crippen molar-refractivity contribution in [3.8, 4) is 5.75 Å². The highest BCUT2D eigenvalue weighted by atomic mass is 16.3. The van der Waals surface area contributed by atoms with Crippen molar-refractivity contribution in [1.82, 2.24) is 5.32 Å². The van der Waals surface area contributed by atoms with Crippen LogP contribution in [-0.2, 0) is 6.54 Å². The molecule has 19 heavy (non-hydrogen) atoms. The highest BCUT2D eigenvalue weighted by Crippen LogP contribution is 2.24.